The number of hydrogen-bond donors (Lipinski definition) is 0. The molecule has 3 fully saturated rings. The van der Waals surface area contributed by atoms with Crippen LogP contribution in [0, 0.1) is 0 Å². The molecule has 0 saturated carbocycles. The zero-order chi connectivity index (χ0) is 24.5. The van der Waals surface area contributed by atoms with Crippen molar-refractivity contribution in [2.24, 2.45) is 0 Å². The van der Waals surface area contributed by atoms with Crippen molar-refractivity contribution in [3.05, 3.63) is 58.7 Å². The predicted molar refractivity (Wildman–Crippen MR) is 150 cm³/mol. The summed E-state index contributed by atoms with van der Waals surface area (Å²) in [5.74, 6) is 0. The van der Waals surface area contributed by atoms with Crippen molar-refractivity contribution < 1.29 is 28.1 Å². The Morgan fingerprint density at radius 1 is 0.771 bits per heavy atom. The molecule has 6 nitrogen and oxygen atoms in total. The Kier molecular flexibility index (Phi) is 9.18. The van der Waals surface area contributed by atoms with E-state index in [0.29, 0.717) is 6.61 Å². The van der Waals surface area contributed by atoms with Crippen molar-refractivity contribution in [3.63, 3.8) is 0 Å². The van der Waals surface area contributed by atoms with Gasteiger partial charge in [0.25, 0.3) is 0 Å². The minimum atomic E-state index is -0.529. The van der Waals surface area contributed by atoms with Crippen LogP contribution >= 0.6 is 63.7 Å². The molecule has 5 atom stereocenters. The van der Waals surface area contributed by atoms with E-state index in [1.165, 1.54) is 22.3 Å². The van der Waals surface area contributed by atoms with Crippen molar-refractivity contribution in [1.82, 2.24) is 0 Å². The summed E-state index contributed by atoms with van der Waals surface area (Å²) in [7, 11) is 0.714. The summed E-state index contributed by atoms with van der Waals surface area (Å²) in [6.07, 6.45) is -1.85. The quantitative estimate of drug-likeness (QED) is 0.303. The molecule has 0 N–H and O–H groups in total. The second kappa shape index (κ2) is 12.0. The summed E-state index contributed by atoms with van der Waals surface area (Å²) in [6, 6.07) is 12.5. The molecule has 0 aromatic heterocycles. The van der Waals surface area contributed by atoms with Crippen LogP contribution in [-0.4, -0.2) is 58.7 Å². The second-order valence-corrected chi connectivity index (χ2v) is 10.9. The first-order valence-electron chi connectivity index (χ1n) is 11.3. The Morgan fingerprint density at radius 2 is 1.37 bits per heavy atom. The van der Waals surface area contributed by atoms with Crippen LogP contribution in [0.15, 0.2) is 36.4 Å². The van der Waals surface area contributed by atoms with E-state index in [1.807, 2.05) is 12.1 Å². The molecule has 3 saturated heterocycles. The molecule has 186 valence electrons. The molecule has 35 heavy (non-hydrogen) atoms. The molecule has 2 aromatic carbocycles. The third-order valence-electron chi connectivity index (χ3n) is 6.68. The van der Waals surface area contributed by atoms with Gasteiger partial charge >= 0.3 is 14.2 Å². The molecular formula is C23H24B2Br4O6. The molecule has 0 bridgehead atoms. The fourth-order valence-corrected chi connectivity index (χ4v) is 6.92. The van der Waals surface area contributed by atoms with E-state index < -0.39 is 20.5 Å². The lowest BCUT2D eigenvalue weighted by atomic mass is 9.78. The first-order chi connectivity index (χ1) is 17.1. The van der Waals surface area contributed by atoms with Crippen molar-refractivity contribution in [2.75, 3.05) is 13.7 Å². The molecule has 3 heterocycles. The maximum Gasteiger partial charge on any atom is 0.496 e. The smallest absolute Gasteiger partial charge is 0.405 e. The first-order valence-corrected chi connectivity index (χ1v) is 15.8. The molecule has 0 radical (unpaired) electrons. The van der Waals surface area contributed by atoms with Gasteiger partial charge < -0.3 is 28.1 Å². The number of methoxy groups -OCH3 is 1. The molecular weight excluding hydrogens is 713 g/mol. The zero-order valence-corrected chi connectivity index (χ0v) is 25.3. The molecule has 0 aliphatic carbocycles. The lowest BCUT2D eigenvalue weighted by Crippen LogP contribution is -2.45. The fourth-order valence-electron chi connectivity index (χ4n) is 4.78. The highest BCUT2D eigenvalue weighted by Gasteiger charge is 2.57. The maximum absolute atomic E-state index is 6.30. The Morgan fingerprint density at radius 3 is 1.94 bits per heavy atom. The average Bonchev–Trinajstić information content (AvgIpc) is 3.62. The normalized spacial score (nSPS) is 28.2. The number of alkyl halides is 4. The summed E-state index contributed by atoms with van der Waals surface area (Å²) in [5.41, 5.74) is 6.81. The summed E-state index contributed by atoms with van der Waals surface area (Å²) in [4.78, 5) is 0. The van der Waals surface area contributed by atoms with Crippen LogP contribution < -0.4 is 10.9 Å². The fraction of sp³-hybridized carbons (Fsp3) is 0.478. The summed E-state index contributed by atoms with van der Waals surface area (Å²) in [6.45, 7) is 0.407. The van der Waals surface area contributed by atoms with Gasteiger partial charge in [0.15, 0.2) is 6.29 Å². The van der Waals surface area contributed by atoms with Gasteiger partial charge in [0.2, 0.25) is 0 Å². The largest absolute Gasteiger partial charge is 0.496 e. The molecule has 0 unspecified atom stereocenters. The molecule has 3 aliphatic heterocycles. The molecule has 5 rings (SSSR count). The Balaban J connectivity index is 1.26. The molecule has 12 heteroatoms. The van der Waals surface area contributed by atoms with Gasteiger partial charge in [-0.3, -0.25) is 0 Å². The van der Waals surface area contributed by atoms with Gasteiger partial charge in [0.05, 0.1) is 12.7 Å². The monoisotopic (exact) mass is 734 g/mol. The van der Waals surface area contributed by atoms with E-state index in [4.69, 9.17) is 28.1 Å². The highest BCUT2D eigenvalue weighted by atomic mass is 79.9. The second-order valence-electron chi connectivity index (χ2n) is 8.67. The topological polar surface area (TPSA) is 55.4 Å². The molecule has 0 spiro atoms. The van der Waals surface area contributed by atoms with Crippen molar-refractivity contribution in [3.8, 4) is 0 Å². The van der Waals surface area contributed by atoms with Crippen LogP contribution in [0.4, 0.5) is 0 Å². The number of fused-ring (bicyclic) bond motifs is 1. The van der Waals surface area contributed by atoms with Crippen molar-refractivity contribution in [1.29, 1.82) is 0 Å². The number of rotatable bonds is 8. The van der Waals surface area contributed by atoms with Crippen LogP contribution in [0.5, 0.6) is 0 Å². The van der Waals surface area contributed by atoms with Crippen LogP contribution in [0.1, 0.15) is 22.3 Å². The zero-order valence-electron chi connectivity index (χ0n) is 19.0. The van der Waals surface area contributed by atoms with Crippen LogP contribution in [0.25, 0.3) is 0 Å². The molecule has 3 aliphatic rings. The van der Waals surface area contributed by atoms with Gasteiger partial charge in [0.1, 0.15) is 18.3 Å². The van der Waals surface area contributed by atoms with Gasteiger partial charge in [-0.2, -0.15) is 0 Å². The van der Waals surface area contributed by atoms with E-state index in [2.05, 4.69) is 88.0 Å². The summed E-state index contributed by atoms with van der Waals surface area (Å²) >= 11 is 14.2. The Hall–Kier alpha value is 0.250. The van der Waals surface area contributed by atoms with Gasteiger partial charge in [0, 0.05) is 28.4 Å². The minimum absolute atomic E-state index is 0.289. The highest BCUT2D eigenvalue weighted by molar-refractivity contribution is 9.09. The van der Waals surface area contributed by atoms with Crippen molar-refractivity contribution in [2.45, 2.75) is 52.0 Å². The third kappa shape index (κ3) is 5.40. The standard InChI is InChI=1S/C23H24B2Br4O6/c1-30-21-20(19-12-31-24(33-19)17-4-2-13(8-26)15(6-17)10-28)32-23-22(21)34-25(35-23)18-5-3-14(9-27)16(7-18)11-29/h2-7,19-23H,8-12H2,1H3/t19-,20-,21+,22-,23-/m1/s1. The van der Waals surface area contributed by atoms with E-state index in [0.717, 1.165) is 32.2 Å². The SMILES string of the molecule is CO[C@@H]1[C@H]2OB(c3ccc(CBr)c(CBr)c3)O[C@H]2O[C@@H]1[C@H]1COB(c2ccc(CBr)c(CBr)c2)O1. The first kappa shape index (κ1) is 26.8. The third-order valence-corrected chi connectivity index (χ3v) is 9.09. The number of halogens is 4. The summed E-state index contributed by atoms with van der Waals surface area (Å²) in [5, 5.41) is 3.13. The van der Waals surface area contributed by atoms with Gasteiger partial charge in [-0.25, -0.2) is 0 Å². The van der Waals surface area contributed by atoms with Gasteiger partial charge in [-0.1, -0.05) is 100 Å². The van der Waals surface area contributed by atoms with E-state index in [1.54, 1.807) is 7.11 Å². The number of ether oxygens (including phenoxy) is 2. The van der Waals surface area contributed by atoms with Crippen molar-refractivity contribution >= 4 is 88.9 Å². The van der Waals surface area contributed by atoms with Gasteiger partial charge in [-0.05, 0) is 33.2 Å². The lowest BCUT2D eigenvalue weighted by molar-refractivity contribution is -0.110. The molecule has 0 amide bonds. The van der Waals surface area contributed by atoms with E-state index in [-0.39, 0.29) is 24.4 Å². The van der Waals surface area contributed by atoms with Crippen LogP contribution in [0.2, 0.25) is 0 Å². The Labute approximate surface area is 239 Å². The average molecular weight is 738 g/mol. The van der Waals surface area contributed by atoms with E-state index >= 15 is 0 Å². The lowest BCUT2D eigenvalue weighted by Gasteiger charge is -2.25. The Bertz CT molecular complexity index is 1050. The summed E-state index contributed by atoms with van der Waals surface area (Å²) < 4.78 is 36.9. The predicted octanol–water partition coefficient (Wildman–Crippen LogP) is 3.93. The highest BCUT2D eigenvalue weighted by Crippen LogP contribution is 2.36. The van der Waals surface area contributed by atoms with E-state index in [9.17, 15) is 0 Å². The maximum atomic E-state index is 6.30. The minimum Gasteiger partial charge on any atom is -0.405 e. The van der Waals surface area contributed by atoms with Gasteiger partial charge in [-0.15, -0.1) is 0 Å². The number of benzene rings is 2. The van der Waals surface area contributed by atoms with Crippen LogP contribution in [-0.2, 0) is 49.4 Å². The molecule has 2 aromatic rings. The van der Waals surface area contributed by atoms with Crippen LogP contribution in [0.3, 0.4) is 0 Å². The number of hydrogen-bond acceptors (Lipinski definition) is 6.